The van der Waals surface area contributed by atoms with E-state index in [9.17, 15) is 14.0 Å². The fraction of sp³-hybridized carbons (Fsp3) is 0.514. The predicted molar refractivity (Wildman–Crippen MR) is 191 cm³/mol. The van der Waals surface area contributed by atoms with Gasteiger partial charge in [0, 0.05) is 51.6 Å². The number of methoxy groups -OCH3 is 1. The van der Waals surface area contributed by atoms with E-state index >= 15 is 0 Å². The van der Waals surface area contributed by atoms with Gasteiger partial charge in [0.05, 0.1) is 23.7 Å². The van der Waals surface area contributed by atoms with Gasteiger partial charge in [-0.3, -0.25) is 0 Å². The van der Waals surface area contributed by atoms with Gasteiger partial charge in [-0.1, -0.05) is 30.7 Å². The number of amides is 2. The van der Waals surface area contributed by atoms with Gasteiger partial charge in [0.1, 0.15) is 11.3 Å². The summed E-state index contributed by atoms with van der Waals surface area (Å²) in [6, 6.07) is 12.2. The minimum atomic E-state index is -0.594. The van der Waals surface area contributed by atoms with Crippen LogP contribution >= 0.6 is 0 Å². The molecule has 5 rings (SSSR count). The van der Waals surface area contributed by atoms with E-state index in [0.29, 0.717) is 56.0 Å². The third-order valence-corrected chi connectivity index (χ3v) is 8.80. The van der Waals surface area contributed by atoms with Crippen molar-refractivity contribution in [3.63, 3.8) is 0 Å². The second-order valence-electron chi connectivity index (χ2n) is 13.0. The lowest BCUT2D eigenvalue weighted by Crippen LogP contribution is -2.44. The van der Waals surface area contributed by atoms with Crippen LogP contribution in [0.25, 0.3) is 21.9 Å². The Bertz CT molecular complexity index is 1740. The second-order valence-corrected chi connectivity index (χ2v) is 13.0. The summed E-state index contributed by atoms with van der Waals surface area (Å²) in [7, 11) is 1.67. The van der Waals surface area contributed by atoms with Crippen molar-refractivity contribution in [3.05, 3.63) is 59.7 Å². The molecule has 1 fully saturated rings. The van der Waals surface area contributed by atoms with E-state index in [-0.39, 0.29) is 24.4 Å². The lowest BCUT2D eigenvalue weighted by Gasteiger charge is -2.28. The molecule has 0 aliphatic carbocycles. The summed E-state index contributed by atoms with van der Waals surface area (Å²) < 4.78 is 32.8. The van der Waals surface area contributed by atoms with Crippen molar-refractivity contribution < 1.29 is 28.2 Å². The minimum absolute atomic E-state index is 0.0646. The van der Waals surface area contributed by atoms with E-state index in [4.69, 9.17) is 24.9 Å². The van der Waals surface area contributed by atoms with Crippen LogP contribution in [-0.2, 0) is 33.8 Å². The Morgan fingerprint density at radius 3 is 2.64 bits per heavy atom. The van der Waals surface area contributed by atoms with Gasteiger partial charge in [-0.05, 0) is 76.4 Å². The highest BCUT2D eigenvalue weighted by atomic mass is 19.1. The largest absolute Gasteiger partial charge is 0.479 e. The number of carbonyl (C=O) groups is 2. The molecule has 12 nitrogen and oxygen atoms in total. The highest BCUT2D eigenvalue weighted by Crippen LogP contribution is 2.29. The fourth-order valence-electron chi connectivity index (χ4n) is 6.38. The molecule has 3 heterocycles. The number of urea groups is 1. The maximum absolute atomic E-state index is 14.6. The normalized spacial score (nSPS) is 13.6. The molecule has 1 aliphatic rings. The first-order valence-electron chi connectivity index (χ1n) is 17.6. The maximum atomic E-state index is 14.6. The van der Waals surface area contributed by atoms with Gasteiger partial charge >= 0.3 is 12.0 Å². The average Bonchev–Trinajstić information content (AvgIpc) is 3.48. The van der Waals surface area contributed by atoms with E-state index in [1.165, 1.54) is 31.4 Å². The number of benzene rings is 2. The molecule has 1 saturated heterocycles. The molecule has 3 N–H and O–H groups in total. The molecule has 0 unspecified atom stereocenters. The maximum Gasteiger partial charge on any atom is 0.344 e. The van der Waals surface area contributed by atoms with Gasteiger partial charge in [-0.2, -0.15) is 0 Å². The summed E-state index contributed by atoms with van der Waals surface area (Å²) in [5, 5.41) is 4.08. The van der Waals surface area contributed by atoms with Gasteiger partial charge in [0.2, 0.25) is 0 Å². The van der Waals surface area contributed by atoms with Crippen LogP contribution < -0.4 is 15.8 Å². The van der Waals surface area contributed by atoms with Crippen LogP contribution in [0.4, 0.5) is 15.0 Å². The van der Waals surface area contributed by atoms with Crippen LogP contribution in [0.3, 0.4) is 0 Å². The number of carbonyl (C=O) groups excluding carboxylic acids is 2. The number of pyridine rings is 1. The molecule has 0 atom stereocenters. The van der Waals surface area contributed by atoms with E-state index in [2.05, 4.69) is 19.8 Å². The van der Waals surface area contributed by atoms with Crippen LogP contribution in [0, 0.1) is 5.82 Å². The first-order chi connectivity index (χ1) is 24.2. The standard InChI is InChI=1S/C37H50FN7O5/c1-26(2)50-33(46)25-49-31-23-27(13-14-29(31)38)24-44(37(47)40-16-21-43-17-7-4-8-18-43)19-9-10-20-45-32(15-22-48-3)42-34-35(45)28-11-5-6-12-30(28)41-36(34)39/h5-6,11-14,23,26H,4,7-10,15-22,24-25H2,1-3H3,(H2,39,41)(H,40,47). The van der Waals surface area contributed by atoms with E-state index < -0.39 is 18.4 Å². The Morgan fingerprint density at radius 2 is 1.86 bits per heavy atom. The molecule has 13 heteroatoms. The number of nitrogens with zero attached hydrogens (tertiary/aromatic N) is 5. The number of anilines is 1. The Hall–Kier alpha value is -4.49. The first-order valence-corrected chi connectivity index (χ1v) is 17.6. The number of hydrogen-bond donors (Lipinski definition) is 2. The molecule has 2 amide bonds. The van der Waals surface area contributed by atoms with Crippen LogP contribution in [0.1, 0.15) is 57.3 Å². The quantitative estimate of drug-likeness (QED) is 0.112. The predicted octanol–water partition coefficient (Wildman–Crippen LogP) is 5.30. The Morgan fingerprint density at radius 1 is 1.06 bits per heavy atom. The smallest absolute Gasteiger partial charge is 0.344 e. The number of piperidine rings is 1. The van der Waals surface area contributed by atoms with Gasteiger partial charge in [-0.25, -0.2) is 23.9 Å². The Kier molecular flexibility index (Phi) is 13.2. The zero-order valence-electron chi connectivity index (χ0n) is 29.5. The van der Waals surface area contributed by atoms with Crippen molar-refractivity contribution in [1.82, 2.24) is 29.7 Å². The number of aryl methyl sites for hydroxylation is 1. The van der Waals surface area contributed by atoms with E-state index in [0.717, 1.165) is 48.3 Å². The van der Waals surface area contributed by atoms with Gasteiger partial charge in [0.25, 0.3) is 0 Å². The number of imidazole rings is 1. The zero-order chi connectivity index (χ0) is 35.5. The molecule has 1 aliphatic heterocycles. The number of ether oxygens (including phenoxy) is 3. The number of halogens is 1. The van der Waals surface area contributed by atoms with Crippen molar-refractivity contribution in [2.75, 3.05) is 58.8 Å². The topological polar surface area (TPSA) is 137 Å². The molecule has 2 aromatic heterocycles. The lowest BCUT2D eigenvalue weighted by molar-refractivity contribution is -0.149. The number of aromatic nitrogens is 3. The summed E-state index contributed by atoms with van der Waals surface area (Å²) in [5.41, 5.74) is 9.48. The zero-order valence-corrected chi connectivity index (χ0v) is 29.5. The number of para-hydroxylation sites is 1. The Labute approximate surface area is 293 Å². The molecule has 4 aromatic rings. The first kappa shape index (κ1) is 36.8. The summed E-state index contributed by atoms with van der Waals surface area (Å²) in [5.74, 6) is 0.0228. The van der Waals surface area contributed by atoms with Gasteiger partial charge < -0.3 is 39.6 Å². The monoisotopic (exact) mass is 691 g/mol. The van der Waals surface area contributed by atoms with Gasteiger partial charge in [-0.15, -0.1) is 0 Å². The number of fused-ring (bicyclic) bond motifs is 3. The highest BCUT2D eigenvalue weighted by molar-refractivity contribution is 6.06. The van der Waals surface area contributed by atoms with Crippen LogP contribution in [0.15, 0.2) is 42.5 Å². The summed E-state index contributed by atoms with van der Waals surface area (Å²) in [6.07, 6.45) is 5.40. The highest BCUT2D eigenvalue weighted by Gasteiger charge is 2.20. The second kappa shape index (κ2) is 18.0. The number of esters is 1. The number of nitrogens with one attached hydrogen (secondary N) is 1. The van der Waals surface area contributed by atoms with Gasteiger partial charge in [0.15, 0.2) is 24.0 Å². The Balaban J connectivity index is 1.29. The van der Waals surface area contributed by atoms with Crippen molar-refractivity contribution in [2.45, 2.75) is 71.6 Å². The number of unbranched alkanes of at least 4 members (excludes halogenated alkanes) is 1. The van der Waals surface area contributed by atoms with Crippen LogP contribution in [-0.4, -0.2) is 95.5 Å². The molecule has 0 radical (unpaired) electrons. The molecule has 270 valence electrons. The minimum Gasteiger partial charge on any atom is -0.479 e. The number of nitrogen functional groups attached to an aromatic ring is 1. The van der Waals surface area contributed by atoms with E-state index in [1.807, 2.05) is 24.3 Å². The summed E-state index contributed by atoms with van der Waals surface area (Å²) in [6.45, 7) is 8.38. The molecule has 0 bridgehead atoms. The fourth-order valence-corrected chi connectivity index (χ4v) is 6.38. The molecular formula is C37H50FN7O5. The SMILES string of the molecule is COCCc1nc2c(N)nc3ccccc3c2n1CCCCN(Cc1ccc(F)c(OCC(=O)OC(C)C)c1)C(=O)NCCN1CCCCC1. The lowest BCUT2D eigenvalue weighted by atomic mass is 10.1. The number of nitrogens with two attached hydrogens (primary N) is 1. The number of rotatable bonds is 17. The number of likely N-dealkylation sites (tertiary alicyclic amines) is 1. The molecule has 0 saturated carbocycles. The molecule has 50 heavy (non-hydrogen) atoms. The molecular weight excluding hydrogens is 641 g/mol. The third kappa shape index (κ3) is 9.81. The van der Waals surface area contributed by atoms with E-state index in [1.54, 1.807) is 31.9 Å². The summed E-state index contributed by atoms with van der Waals surface area (Å²) >= 11 is 0. The van der Waals surface area contributed by atoms with Crippen LogP contribution in [0.2, 0.25) is 0 Å². The van der Waals surface area contributed by atoms with Crippen molar-refractivity contribution in [2.24, 2.45) is 0 Å². The average molecular weight is 692 g/mol. The van der Waals surface area contributed by atoms with Crippen molar-refractivity contribution in [3.8, 4) is 5.75 Å². The van der Waals surface area contributed by atoms with Crippen molar-refractivity contribution >= 4 is 39.8 Å². The summed E-state index contributed by atoms with van der Waals surface area (Å²) in [4.78, 5) is 39.2. The van der Waals surface area contributed by atoms with Crippen LogP contribution in [0.5, 0.6) is 5.75 Å². The third-order valence-electron chi connectivity index (χ3n) is 8.80. The molecule has 2 aromatic carbocycles. The molecule has 0 spiro atoms. The van der Waals surface area contributed by atoms with Crippen molar-refractivity contribution in [1.29, 1.82) is 0 Å². The number of hydrogen-bond acceptors (Lipinski definition) is 9.